The lowest BCUT2D eigenvalue weighted by molar-refractivity contribution is -0.385. The molecule has 0 spiro atoms. The highest BCUT2D eigenvalue weighted by atomic mass is 16.6. The highest BCUT2D eigenvalue weighted by molar-refractivity contribution is 5.95. The Balaban J connectivity index is 2.30. The molecule has 0 aliphatic rings. The van der Waals surface area contributed by atoms with Crippen LogP contribution in [0.5, 0.6) is 5.75 Å². The average molecular weight is 274 g/mol. The lowest BCUT2D eigenvalue weighted by Crippen LogP contribution is -2.07. The molecule has 7 nitrogen and oxygen atoms in total. The van der Waals surface area contributed by atoms with E-state index < -0.39 is 22.1 Å². The fourth-order valence-corrected chi connectivity index (χ4v) is 1.64. The van der Waals surface area contributed by atoms with Crippen molar-refractivity contribution in [3.05, 3.63) is 64.0 Å². The van der Waals surface area contributed by atoms with Gasteiger partial charge >= 0.3 is 5.97 Å². The summed E-state index contributed by atoms with van der Waals surface area (Å²) >= 11 is 0. The number of hydrogen-bond acceptors (Lipinski definition) is 5. The molecule has 1 N–H and O–H groups in total. The Morgan fingerprint density at radius 3 is 2.70 bits per heavy atom. The number of ether oxygens (including phenoxy) is 1. The Morgan fingerprint density at radius 2 is 2.10 bits per heavy atom. The van der Waals surface area contributed by atoms with E-state index in [1.54, 1.807) is 24.4 Å². The second-order valence-electron chi connectivity index (χ2n) is 3.82. The summed E-state index contributed by atoms with van der Waals surface area (Å²) in [5, 5.41) is 19.9. The summed E-state index contributed by atoms with van der Waals surface area (Å²) in [4.78, 5) is 25.3. The van der Waals surface area contributed by atoms with Crippen LogP contribution >= 0.6 is 0 Å². The van der Waals surface area contributed by atoms with E-state index in [4.69, 9.17) is 9.84 Å². The van der Waals surface area contributed by atoms with Gasteiger partial charge in [0, 0.05) is 12.3 Å². The van der Waals surface area contributed by atoms with Crippen molar-refractivity contribution in [2.24, 2.45) is 0 Å². The Labute approximate surface area is 113 Å². The van der Waals surface area contributed by atoms with Gasteiger partial charge in [-0.3, -0.25) is 15.1 Å². The zero-order chi connectivity index (χ0) is 14.5. The highest BCUT2D eigenvalue weighted by Gasteiger charge is 2.24. The molecule has 1 heterocycles. The standard InChI is InChI=1S/C13H10N2O5/c16-13(17)12-10(15(18)19)5-3-6-11(12)20-8-9-4-1-2-7-14-9/h1-7H,8H2,(H,16,17). The second-order valence-corrected chi connectivity index (χ2v) is 3.82. The van der Waals surface area contributed by atoms with Crippen molar-refractivity contribution in [1.29, 1.82) is 0 Å². The van der Waals surface area contributed by atoms with Gasteiger partial charge in [-0.05, 0) is 18.2 Å². The lowest BCUT2D eigenvalue weighted by Gasteiger charge is -2.08. The summed E-state index contributed by atoms with van der Waals surface area (Å²) in [6.07, 6.45) is 1.57. The van der Waals surface area contributed by atoms with Crippen molar-refractivity contribution < 1.29 is 19.6 Å². The quantitative estimate of drug-likeness (QED) is 0.662. The molecular weight excluding hydrogens is 264 g/mol. The van der Waals surface area contributed by atoms with Gasteiger partial charge in [-0.25, -0.2) is 4.79 Å². The zero-order valence-corrected chi connectivity index (χ0v) is 10.2. The van der Waals surface area contributed by atoms with Crippen LogP contribution in [0.3, 0.4) is 0 Å². The number of carboxylic acid groups (broad SMARTS) is 1. The molecule has 0 aliphatic heterocycles. The summed E-state index contributed by atoms with van der Waals surface area (Å²) in [6.45, 7) is 0.0300. The Morgan fingerprint density at radius 1 is 1.30 bits per heavy atom. The number of aromatic nitrogens is 1. The minimum Gasteiger partial charge on any atom is -0.486 e. The third-order valence-electron chi connectivity index (χ3n) is 2.52. The average Bonchev–Trinajstić information content (AvgIpc) is 2.45. The first-order valence-electron chi connectivity index (χ1n) is 5.63. The fourth-order valence-electron chi connectivity index (χ4n) is 1.64. The molecule has 20 heavy (non-hydrogen) atoms. The first kappa shape index (κ1) is 13.5. The van der Waals surface area contributed by atoms with Crippen LogP contribution < -0.4 is 4.74 Å². The van der Waals surface area contributed by atoms with E-state index in [0.717, 1.165) is 6.07 Å². The summed E-state index contributed by atoms with van der Waals surface area (Å²) in [6, 6.07) is 9.07. The smallest absolute Gasteiger partial charge is 0.346 e. The summed E-state index contributed by atoms with van der Waals surface area (Å²) in [7, 11) is 0. The van der Waals surface area contributed by atoms with Crippen LogP contribution in [0, 0.1) is 10.1 Å². The van der Waals surface area contributed by atoms with Gasteiger partial charge in [0.05, 0.1) is 10.6 Å². The molecule has 1 aromatic carbocycles. The van der Waals surface area contributed by atoms with Crippen LogP contribution in [0.15, 0.2) is 42.6 Å². The third-order valence-corrected chi connectivity index (χ3v) is 2.52. The summed E-state index contributed by atoms with van der Waals surface area (Å²) in [5.74, 6) is -1.47. The third kappa shape index (κ3) is 2.89. The van der Waals surface area contributed by atoms with Crippen molar-refractivity contribution in [2.75, 3.05) is 0 Å². The molecule has 102 valence electrons. The van der Waals surface area contributed by atoms with Crippen molar-refractivity contribution in [2.45, 2.75) is 6.61 Å². The first-order valence-corrected chi connectivity index (χ1v) is 5.63. The minimum absolute atomic E-state index is 0.0300. The maximum Gasteiger partial charge on any atom is 0.346 e. The number of aromatic carboxylic acids is 1. The molecular formula is C13H10N2O5. The summed E-state index contributed by atoms with van der Waals surface area (Å²) < 4.78 is 5.33. The maximum atomic E-state index is 11.2. The van der Waals surface area contributed by atoms with Crippen molar-refractivity contribution in [3.63, 3.8) is 0 Å². The van der Waals surface area contributed by atoms with Gasteiger partial charge in [-0.2, -0.15) is 0 Å². The van der Waals surface area contributed by atoms with E-state index in [0.29, 0.717) is 5.69 Å². The topological polar surface area (TPSA) is 103 Å². The van der Waals surface area contributed by atoms with E-state index in [1.165, 1.54) is 12.1 Å². The molecule has 0 fully saturated rings. The van der Waals surface area contributed by atoms with Crippen molar-refractivity contribution >= 4 is 11.7 Å². The number of pyridine rings is 1. The van der Waals surface area contributed by atoms with E-state index >= 15 is 0 Å². The van der Waals surface area contributed by atoms with Gasteiger partial charge < -0.3 is 9.84 Å². The van der Waals surface area contributed by atoms with E-state index in [9.17, 15) is 14.9 Å². The Hall–Kier alpha value is -2.96. The number of hydrogen-bond donors (Lipinski definition) is 1. The van der Waals surface area contributed by atoms with Gasteiger partial charge in [0.15, 0.2) is 5.56 Å². The molecule has 0 radical (unpaired) electrons. The Bertz CT molecular complexity index is 642. The van der Waals surface area contributed by atoms with Crippen LogP contribution in [0.25, 0.3) is 0 Å². The normalized spacial score (nSPS) is 10.0. The van der Waals surface area contributed by atoms with Crippen LogP contribution in [0.2, 0.25) is 0 Å². The largest absolute Gasteiger partial charge is 0.486 e. The van der Waals surface area contributed by atoms with Crippen LogP contribution in [0.4, 0.5) is 5.69 Å². The molecule has 0 saturated heterocycles. The zero-order valence-electron chi connectivity index (χ0n) is 10.2. The second kappa shape index (κ2) is 5.79. The van der Waals surface area contributed by atoms with Crippen LogP contribution in [-0.2, 0) is 6.61 Å². The number of carboxylic acids is 1. The number of nitro groups is 1. The minimum atomic E-state index is -1.41. The number of rotatable bonds is 5. The molecule has 0 bridgehead atoms. The predicted octanol–water partition coefficient (Wildman–Crippen LogP) is 2.27. The van der Waals surface area contributed by atoms with E-state index in [2.05, 4.69) is 4.98 Å². The van der Waals surface area contributed by atoms with Gasteiger partial charge in [0.25, 0.3) is 5.69 Å². The molecule has 0 atom stereocenters. The number of carbonyl (C=O) groups is 1. The van der Waals surface area contributed by atoms with Crippen molar-refractivity contribution in [3.8, 4) is 5.75 Å². The molecule has 0 unspecified atom stereocenters. The first-order chi connectivity index (χ1) is 9.59. The maximum absolute atomic E-state index is 11.2. The molecule has 1 aromatic heterocycles. The van der Waals surface area contributed by atoms with Crippen LogP contribution in [-0.4, -0.2) is 21.0 Å². The lowest BCUT2D eigenvalue weighted by atomic mass is 10.1. The van der Waals surface area contributed by atoms with Gasteiger partial charge in [0.2, 0.25) is 0 Å². The van der Waals surface area contributed by atoms with Gasteiger partial charge in [-0.1, -0.05) is 12.1 Å². The molecule has 2 aromatic rings. The monoisotopic (exact) mass is 274 g/mol. The number of nitro benzene ring substituents is 1. The number of benzene rings is 1. The van der Waals surface area contributed by atoms with Crippen LogP contribution in [0.1, 0.15) is 16.1 Å². The van der Waals surface area contributed by atoms with E-state index in [-0.39, 0.29) is 12.4 Å². The predicted molar refractivity (Wildman–Crippen MR) is 68.6 cm³/mol. The summed E-state index contributed by atoms with van der Waals surface area (Å²) in [5.41, 5.74) is -0.375. The number of nitrogens with zero attached hydrogens (tertiary/aromatic N) is 2. The molecule has 0 amide bonds. The van der Waals surface area contributed by atoms with Gasteiger partial charge in [0.1, 0.15) is 12.4 Å². The van der Waals surface area contributed by atoms with Gasteiger partial charge in [-0.15, -0.1) is 0 Å². The fraction of sp³-hybridized carbons (Fsp3) is 0.0769. The van der Waals surface area contributed by atoms with Crippen molar-refractivity contribution in [1.82, 2.24) is 4.98 Å². The molecule has 0 saturated carbocycles. The Kier molecular flexibility index (Phi) is 3.90. The highest BCUT2D eigenvalue weighted by Crippen LogP contribution is 2.28. The SMILES string of the molecule is O=C(O)c1c(OCc2ccccn2)cccc1[N+](=O)[O-]. The molecule has 7 heteroatoms. The molecule has 2 rings (SSSR count). The van der Waals surface area contributed by atoms with E-state index in [1.807, 2.05) is 0 Å². The molecule has 0 aliphatic carbocycles.